The van der Waals surface area contributed by atoms with E-state index in [4.69, 9.17) is 16.3 Å². The SMILES string of the molecule is CC1(C)CC(=O)C2=C(C1)Oc1c(c(=O)c3ccc(Cl)cc3n1-c1ccccc1)C2c1ccccc1. The molecule has 35 heavy (non-hydrogen) atoms. The summed E-state index contributed by atoms with van der Waals surface area (Å²) in [4.78, 5) is 27.6. The number of Topliss-reactive ketones (excluding diaryl/α,β-unsaturated/α-hetero) is 1. The summed E-state index contributed by atoms with van der Waals surface area (Å²) in [6.07, 6.45) is 1.04. The summed E-state index contributed by atoms with van der Waals surface area (Å²) < 4.78 is 8.55. The molecule has 0 fully saturated rings. The monoisotopic (exact) mass is 481 g/mol. The van der Waals surface area contributed by atoms with Crippen LogP contribution in [0.25, 0.3) is 16.6 Å². The molecule has 0 saturated heterocycles. The van der Waals surface area contributed by atoms with Gasteiger partial charge in [-0.2, -0.15) is 0 Å². The molecule has 4 aromatic rings. The summed E-state index contributed by atoms with van der Waals surface area (Å²) >= 11 is 6.40. The summed E-state index contributed by atoms with van der Waals surface area (Å²) in [5.41, 5.74) is 3.15. The Bertz CT molecular complexity index is 1580. The first-order valence-electron chi connectivity index (χ1n) is 11.8. The number of ketones is 1. The van der Waals surface area contributed by atoms with Gasteiger partial charge in [0.15, 0.2) is 11.2 Å². The van der Waals surface area contributed by atoms with Crippen LogP contribution >= 0.6 is 11.6 Å². The first-order chi connectivity index (χ1) is 16.8. The topological polar surface area (TPSA) is 48.3 Å². The summed E-state index contributed by atoms with van der Waals surface area (Å²) in [5, 5.41) is 1.07. The lowest BCUT2D eigenvalue weighted by molar-refractivity contribution is -0.118. The number of allylic oxidation sites excluding steroid dienone is 2. The molecule has 5 heteroatoms. The van der Waals surface area contributed by atoms with Crippen LogP contribution < -0.4 is 10.2 Å². The molecule has 6 rings (SSSR count). The van der Waals surface area contributed by atoms with Crippen LogP contribution in [0.15, 0.2) is 95.0 Å². The maximum Gasteiger partial charge on any atom is 0.212 e. The van der Waals surface area contributed by atoms with Crippen LogP contribution in [0.4, 0.5) is 0 Å². The molecule has 0 N–H and O–H groups in total. The van der Waals surface area contributed by atoms with E-state index < -0.39 is 5.92 Å². The van der Waals surface area contributed by atoms with Crippen LogP contribution in [0.2, 0.25) is 5.02 Å². The van der Waals surface area contributed by atoms with Gasteiger partial charge in [0, 0.05) is 34.5 Å². The molecule has 0 saturated carbocycles. The van der Waals surface area contributed by atoms with E-state index >= 15 is 0 Å². The van der Waals surface area contributed by atoms with Crippen molar-refractivity contribution in [1.29, 1.82) is 0 Å². The highest BCUT2D eigenvalue weighted by Gasteiger charge is 2.44. The minimum atomic E-state index is -0.499. The highest BCUT2D eigenvalue weighted by Crippen LogP contribution is 2.50. The highest BCUT2D eigenvalue weighted by molar-refractivity contribution is 6.31. The Balaban J connectivity index is 1.76. The van der Waals surface area contributed by atoms with E-state index in [0.29, 0.717) is 51.5 Å². The molecular weight excluding hydrogens is 458 g/mol. The molecule has 1 aromatic heterocycles. The molecule has 0 amide bonds. The molecule has 1 aliphatic carbocycles. The van der Waals surface area contributed by atoms with E-state index in [0.717, 1.165) is 11.3 Å². The molecule has 4 nitrogen and oxygen atoms in total. The van der Waals surface area contributed by atoms with Crippen molar-refractivity contribution in [2.24, 2.45) is 5.41 Å². The fourth-order valence-electron chi connectivity index (χ4n) is 5.47. The molecule has 0 radical (unpaired) electrons. The Kier molecular flexibility index (Phi) is 4.97. The lowest BCUT2D eigenvalue weighted by Crippen LogP contribution is -2.36. The number of pyridine rings is 1. The highest BCUT2D eigenvalue weighted by atomic mass is 35.5. The van der Waals surface area contributed by atoms with Crippen molar-refractivity contribution in [3.8, 4) is 11.6 Å². The van der Waals surface area contributed by atoms with E-state index in [-0.39, 0.29) is 16.6 Å². The Morgan fingerprint density at radius 1 is 0.914 bits per heavy atom. The van der Waals surface area contributed by atoms with Gasteiger partial charge in [0.25, 0.3) is 0 Å². The maximum atomic E-state index is 14.1. The Morgan fingerprint density at radius 2 is 1.60 bits per heavy atom. The van der Waals surface area contributed by atoms with Crippen molar-refractivity contribution in [3.05, 3.63) is 117 Å². The maximum absolute atomic E-state index is 14.1. The fraction of sp³-hybridized carbons (Fsp3) is 0.200. The molecule has 1 unspecified atom stereocenters. The first-order valence-corrected chi connectivity index (χ1v) is 12.1. The van der Waals surface area contributed by atoms with Gasteiger partial charge in [-0.05, 0) is 41.3 Å². The largest absolute Gasteiger partial charge is 0.444 e. The summed E-state index contributed by atoms with van der Waals surface area (Å²) in [5.74, 6) is 0.644. The van der Waals surface area contributed by atoms with Gasteiger partial charge in [-0.1, -0.05) is 74.0 Å². The van der Waals surface area contributed by atoms with Gasteiger partial charge >= 0.3 is 0 Å². The zero-order valence-corrected chi connectivity index (χ0v) is 20.3. The summed E-state index contributed by atoms with van der Waals surface area (Å²) in [6, 6.07) is 24.9. The number of nitrogens with zero attached hydrogens (tertiary/aromatic N) is 1. The molecule has 3 aromatic carbocycles. The number of hydrogen-bond donors (Lipinski definition) is 0. The van der Waals surface area contributed by atoms with Gasteiger partial charge in [0.1, 0.15) is 5.76 Å². The number of ether oxygens (including phenoxy) is 1. The summed E-state index contributed by atoms with van der Waals surface area (Å²) in [6.45, 7) is 4.16. The number of benzene rings is 3. The molecule has 1 aliphatic heterocycles. The fourth-order valence-corrected chi connectivity index (χ4v) is 5.64. The predicted octanol–water partition coefficient (Wildman–Crippen LogP) is 6.81. The van der Waals surface area contributed by atoms with Gasteiger partial charge in [-0.25, -0.2) is 0 Å². The third-order valence-corrected chi connectivity index (χ3v) is 7.18. The number of aromatic nitrogens is 1. The van der Waals surface area contributed by atoms with Gasteiger partial charge in [0.2, 0.25) is 5.88 Å². The smallest absolute Gasteiger partial charge is 0.212 e. The molecule has 2 heterocycles. The molecular formula is C30H24ClNO3. The number of carbonyl (C=O) groups excluding carboxylic acids is 1. The van der Waals surface area contributed by atoms with Crippen molar-refractivity contribution in [3.63, 3.8) is 0 Å². The van der Waals surface area contributed by atoms with Crippen molar-refractivity contribution in [1.82, 2.24) is 4.57 Å². The van der Waals surface area contributed by atoms with Crippen LogP contribution in [0.3, 0.4) is 0 Å². The van der Waals surface area contributed by atoms with Crippen LogP contribution in [-0.2, 0) is 4.79 Å². The average Bonchev–Trinajstić information content (AvgIpc) is 2.83. The number of carbonyl (C=O) groups is 1. The number of hydrogen-bond acceptors (Lipinski definition) is 3. The minimum absolute atomic E-state index is 0.0395. The zero-order chi connectivity index (χ0) is 24.3. The Labute approximate surface area is 208 Å². The molecule has 0 spiro atoms. The van der Waals surface area contributed by atoms with Crippen LogP contribution in [0.1, 0.15) is 43.7 Å². The van der Waals surface area contributed by atoms with Gasteiger partial charge in [0.05, 0.1) is 17.0 Å². The second-order valence-corrected chi connectivity index (χ2v) is 10.5. The molecule has 1 atom stereocenters. The number of fused-ring (bicyclic) bond motifs is 2. The lowest BCUT2D eigenvalue weighted by atomic mass is 9.70. The number of rotatable bonds is 2. The Morgan fingerprint density at radius 3 is 2.31 bits per heavy atom. The van der Waals surface area contributed by atoms with Crippen molar-refractivity contribution >= 4 is 28.3 Å². The summed E-state index contributed by atoms with van der Waals surface area (Å²) in [7, 11) is 0. The van der Waals surface area contributed by atoms with Crippen molar-refractivity contribution < 1.29 is 9.53 Å². The standard InChI is InChI=1S/C30H24ClNO3/c1-30(2)16-23(33)26-24(17-30)35-29-27(25(26)18-9-5-3-6-10-18)28(34)21-14-13-19(31)15-22(21)32(29)20-11-7-4-8-12-20/h3-15,25H,16-17H2,1-2H3. The van der Waals surface area contributed by atoms with E-state index in [2.05, 4.69) is 13.8 Å². The van der Waals surface area contributed by atoms with Crippen molar-refractivity contribution in [2.75, 3.05) is 0 Å². The second kappa shape index (κ2) is 7.96. The van der Waals surface area contributed by atoms with Gasteiger partial charge < -0.3 is 4.74 Å². The van der Waals surface area contributed by atoms with E-state index in [1.807, 2.05) is 65.2 Å². The number of para-hydroxylation sites is 1. The number of halogens is 1. The second-order valence-electron chi connectivity index (χ2n) is 10.1. The van der Waals surface area contributed by atoms with Gasteiger partial charge in [-0.3, -0.25) is 14.2 Å². The molecule has 0 bridgehead atoms. The molecule has 2 aliphatic rings. The predicted molar refractivity (Wildman–Crippen MR) is 139 cm³/mol. The first kappa shape index (κ1) is 21.9. The third kappa shape index (κ3) is 3.52. The van der Waals surface area contributed by atoms with E-state index in [1.165, 1.54) is 0 Å². The minimum Gasteiger partial charge on any atom is -0.444 e. The van der Waals surface area contributed by atoms with E-state index in [9.17, 15) is 9.59 Å². The average molecular weight is 482 g/mol. The van der Waals surface area contributed by atoms with Crippen LogP contribution in [0, 0.1) is 5.41 Å². The lowest BCUT2D eigenvalue weighted by Gasteiger charge is -2.39. The third-order valence-electron chi connectivity index (χ3n) is 6.95. The quantitative estimate of drug-likeness (QED) is 0.316. The Hall–Kier alpha value is -3.63. The van der Waals surface area contributed by atoms with Crippen LogP contribution in [-0.4, -0.2) is 10.4 Å². The van der Waals surface area contributed by atoms with E-state index in [1.54, 1.807) is 18.2 Å². The van der Waals surface area contributed by atoms with Crippen LogP contribution in [0.5, 0.6) is 5.88 Å². The van der Waals surface area contributed by atoms with Gasteiger partial charge in [-0.15, -0.1) is 0 Å². The normalized spacial score (nSPS) is 18.7. The molecule has 174 valence electrons. The zero-order valence-electron chi connectivity index (χ0n) is 19.5. The van der Waals surface area contributed by atoms with Crippen molar-refractivity contribution in [2.45, 2.75) is 32.6 Å².